The van der Waals surface area contributed by atoms with Gasteiger partial charge in [-0.15, -0.1) is 20.4 Å². The van der Waals surface area contributed by atoms with Crippen LogP contribution in [0.25, 0.3) is 0 Å². The molecule has 0 fully saturated rings. The van der Waals surface area contributed by atoms with Gasteiger partial charge in [0.25, 0.3) is 0 Å². The van der Waals surface area contributed by atoms with E-state index in [4.69, 9.17) is 20.4 Å². The minimum atomic E-state index is 0.0159. The maximum absolute atomic E-state index is 6.25. The molecule has 0 radical (unpaired) electrons. The molecule has 0 bridgehead atoms. The highest BCUT2D eigenvalue weighted by Gasteiger charge is 2.20. The molecule has 0 spiro atoms. The van der Waals surface area contributed by atoms with Gasteiger partial charge in [-0.05, 0) is 34.1 Å². The van der Waals surface area contributed by atoms with Crippen molar-refractivity contribution in [3.8, 4) is 0 Å². The van der Waals surface area contributed by atoms with Crippen molar-refractivity contribution in [1.29, 1.82) is 0 Å². The molecule has 2 heterocycles. The van der Waals surface area contributed by atoms with E-state index in [0.29, 0.717) is 29.9 Å². The van der Waals surface area contributed by atoms with Gasteiger partial charge in [0.05, 0.1) is 23.8 Å². The van der Waals surface area contributed by atoms with E-state index in [9.17, 15) is 0 Å². The third-order valence-corrected chi connectivity index (χ3v) is 5.53. The molecule has 0 aliphatic heterocycles. The summed E-state index contributed by atoms with van der Waals surface area (Å²) in [7, 11) is 0. The average molecular weight is 497 g/mol. The predicted molar refractivity (Wildman–Crippen MR) is 139 cm³/mol. The fourth-order valence-electron chi connectivity index (χ4n) is 3.50. The second kappa shape index (κ2) is 11.4. The summed E-state index contributed by atoms with van der Waals surface area (Å²) in [6.45, 7) is 14.0. The van der Waals surface area contributed by atoms with Crippen LogP contribution in [0.2, 0.25) is 5.02 Å². The van der Waals surface area contributed by atoms with Crippen LogP contribution in [0, 0.1) is 0 Å². The van der Waals surface area contributed by atoms with Gasteiger partial charge in [0.1, 0.15) is 0 Å². The normalized spacial score (nSPS) is 11.5. The van der Waals surface area contributed by atoms with Crippen LogP contribution in [-0.2, 0) is 23.9 Å². The largest absolute Gasteiger partial charge is 0.426 e. The number of hydrogen-bond acceptors (Lipinski definition) is 8. The summed E-state index contributed by atoms with van der Waals surface area (Å²) in [6, 6.07) is 14.2. The van der Waals surface area contributed by atoms with Gasteiger partial charge >= 0.3 is 0 Å². The lowest BCUT2D eigenvalue weighted by atomic mass is 9.86. The van der Waals surface area contributed by atoms with Gasteiger partial charge < -0.3 is 19.5 Å². The van der Waals surface area contributed by atoms with Gasteiger partial charge in [-0.3, -0.25) is 0 Å². The summed E-state index contributed by atoms with van der Waals surface area (Å²) in [5, 5.41) is 22.2. The van der Waals surface area contributed by atoms with E-state index in [1.807, 2.05) is 18.2 Å². The maximum Gasteiger partial charge on any atom is 0.235 e. The molecule has 0 atom stereocenters. The van der Waals surface area contributed by atoms with Crippen molar-refractivity contribution in [2.45, 2.75) is 65.5 Å². The molecule has 9 heteroatoms. The zero-order valence-corrected chi connectivity index (χ0v) is 21.8. The minimum absolute atomic E-state index is 0.0159. The zero-order valence-electron chi connectivity index (χ0n) is 21.1. The van der Waals surface area contributed by atoms with Crippen LogP contribution in [0.4, 0.5) is 11.4 Å². The van der Waals surface area contributed by atoms with Crippen LogP contribution >= 0.6 is 11.6 Å². The van der Waals surface area contributed by atoms with Crippen molar-refractivity contribution in [2.24, 2.45) is 0 Å². The summed E-state index contributed by atoms with van der Waals surface area (Å²) in [6.07, 6.45) is 2.65. The van der Waals surface area contributed by atoms with Gasteiger partial charge in [-0.1, -0.05) is 83.5 Å². The van der Waals surface area contributed by atoms with Crippen LogP contribution in [0.5, 0.6) is 0 Å². The van der Waals surface area contributed by atoms with Crippen LogP contribution in [0.3, 0.4) is 0 Å². The van der Waals surface area contributed by atoms with Crippen LogP contribution in [-0.4, -0.2) is 20.4 Å². The van der Waals surface area contributed by atoms with Gasteiger partial charge in [-0.25, -0.2) is 0 Å². The zero-order chi connectivity index (χ0) is 25.5. The number of rotatable bonds is 6. The molecule has 4 aromatic rings. The summed E-state index contributed by atoms with van der Waals surface area (Å²) >= 11 is 6.25. The molecule has 0 amide bonds. The first kappa shape index (κ1) is 26.2. The van der Waals surface area contributed by atoms with E-state index in [1.165, 1.54) is 18.4 Å². The van der Waals surface area contributed by atoms with Crippen molar-refractivity contribution in [3.05, 3.63) is 83.2 Å². The lowest BCUT2D eigenvalue weighted by molar-refractivity contribution is 0.501. The van der Waals surface area contributed by atoms with Gasteiger partial charge in [0, 0.05) is 5.69 Å². The van der Waals surface area contributed by atoms with Crippen LogP contribution < -0.4 is 10.6 Å². The van der Waals surface area contributed by atoms with E-state index in [1.54, 1.807) is 0 Å². The molecule has 2 N–H and O–H groups in total. The Bertz CT molecular complexity index is 1180. The summed E-state index contributed by atoms with van der Waals surface area (Å²) < 4.78 is 10.2. The summed E-state index contributed by atoms with van der Waals surface area (Å²) in [5.41, 5.74) is 4.60. The topological polar surface area (TPSA) is 102 Å². The molecule has 0 saturated heterocycles. The Morgan fingerprint density at radius 2 is 1.26 bits per heavy atom. The molecule has 0 saturated carbocycles. The molecular formula is C26H33ClN6O2. The molecule has 0 aliphatic carbocycles. The van der Waals surface area contributed by atoms with Crippen LogP contribution in [0.15, 0.2) is 64.1 Å². The molecule has 8 nitrogen and oxygen atoms in total. The highest BCUT2D eigenvalue weighted by molar-refractivity contribution is 6.33. The first-order chi connectivity index (χ1) is 16.6. The maximum atomic E-state index is 6.25. The fraction of sp³-hybridized carbons (Fsp3) is 0.385. The molecule has 35 heavy (non-hydrogen) atoms. The van der Waals surface area contributed by atoms with Crippen molar-refractivity contribution in [2.75, 3.05) is 10.6 Å². The fourth-order valence-corrected chi connectivity index (χ4v) is 3.74. The molecule has 0 aliphatic rings. The smallest absolute Gasteiger partial charge is 0.235 e. The van der Waals surface area contributed by atoms with E-state index in [2.05, 4.69) is 96.8 Å². The standard InChI is InChI=1S/C13H16ClN3O.C13H17N3O/c1-13(2,3)9-5-4-6-10(14)12(9)15-7-11-17-16-8-18-11;1-13(2,3)10-6-4-5-7-11(10)14-8-12-16-15-9-17-12/h4-6,8,15H,7H2,1-3H3;4-7,9,14H,8H2,1-3H3. The Morgan fingerprint density at radius 1 is 0.714 bits per heavy atom. The van der Waals surface area contributed by atoms with Crippen molar-refractivity contribution in [3.63, 3.8) is 0 Å². The Labute approximate surface area is 211 Å². The quantitative estimate of drug-likeness (QED) is 0.307. The second-order valence-electron chi connectivity index (χ2n) is 10.1. The second-order valence-corrected chi connectivity index (χ2v) is 10.5. The van der Waals surface area contributed by atoms with Crippen molar-refractivity contribution < 1.29 is 8.83 Å². The lowest BCUT2D eigenvalue weighted by Gasteiger charge is -2.24. The highest BCUT2D eigenvalue weighted by Crippen LogP contribution is 2.35. The number of halogens is 1. The monoisotopic (exact) mass is 496 g/mol. The number of nitrogens with one attached hydrogen (secondary N) is 2. The van der Waals surface area contributed by atoms with Gasteiger partial charge in [0.15, 0.2) is 0 Å². The van der Waals surface area contributed by atoms with Gasteiger partial charge in [0.2, 0.25) is 24.6 Å². The first-order valence-corrected chi connectivity index (χ1v) is 11.8. The van der Waals surface area contributed by atoms with E-state index in [0.717, 1.165) is 16.9 Å². The SMILES string of the molecule is CC(C)(C)c1cccc(Cl)c1NCc1nnco1.CC(C)(C)c1ccccc1NCc1nnco1. The van der Waals surface area contributed by atoms with Crippen LogP contribution in [0.1, 0.15) is 64.5 Å². The number of benzene rings is 2. The van der Waals surface area contributed by atoms with E-state index in [-0.39, 0.29) is 10.8 Å². The molecular weight excluding hydrogens is 464 g/mol. The minimum Gasteiger partial charge on any atom is -0.426 e. The molecule has 2 aromatic heterocycles. The molecule has 2 aromatic carbocycles. The number of hydrogen-bond donors (Lipinski definition) is 2. The Balaban J connectivity index is 0.000000196. The first-order valence-electron chi connectivity index (χ1n) is 11.4. The van der Waals surface area contributed by atoms with E-state index >= 15 is 0 Å². The Kier molecular flexibility index (Phi) is 8.51. The van der Waals surface area contributed by atoms with Gasteiger partial charge in [-0.2, -0.15) is 0 Å². The van der Waals surface area contributed by atoms with Crippen molar-refractivity contribution in [1.82, 2.24) is 20.4 Å². The summed E-state index contributed by atoms with van der Waals surface area (Å²) in [5.74, 6) is 1.13. The van der Waals surface area contributed by atoms with Crippen molar-refractivity contribution >= 4 is 23.0 Å². The molecule has 186 valence electrons. The molecule has 4 rings (SSSR count). The number of nitrogens with zero attached hydrogens (tertiary/aromatic N) is 4. The van der Waals surface area contributed by atoms with E-state index < -0.39 is 0 Å². The number of anilines is 2. The highest BCUT2D eigenvalue weighted by atomic mass is 35.5. The average Bonchev–Trinajstić information content (AvgIpc) is 3.50. The third kappa shape index (κ3) is 7.55. The predicted octanol–water partition coefficient (Wildman–Crippen LogP) is 6.61. The third-order valence-electron chi connectivity index (χ3n) is 5.21. The Morgan fingerprint density at radius 3 is 1.80 bits per heavy atom. The Hall–Kier alpha value is -3.39. The summed E-state index contributed by atoms with van der Waals surface area (Å²) in [4.78, 5) is 0. The number of aromatic nitrogens is 4. The number of para-hydroxylation sites is 2. The lowest BCUT2D eigenvalue weighted by Crippen LogP contribution is -2.15. The molecule has 0 unspecified atom stereocenters.